The first-order valence-corrected chi connectivity index (χ1v) is 7.39. The zero-order valence-electron chi connectivity index (χ0n) is 13.0. The normalized spacial score (nSPS) is 10.6. The van der Waals surface area contributed by atoms with Gasteiger partial charge < -0.3 is 5.32 Å². The second-order valence-electron chi connectivity index (χ2n) is 5.11. The van der Waals surface area contributed by atoms with Gasteiger partial charge in [-0.2, -0.15) is 5.10 Å². The van der Waals surface area contributed by atoms with Crippen molar-refractivity contribution in [3.05, 3.63) is 65.2 Å². The average molecular weight is 295 g/mol. The van der Waals surface area contributed by atoms with E-state index in [1.807, 2.05) is 43.3 Å². The number of rotatable bonds is 6. The molecule has 2 N–H and O–H groups in total. The molecule has 0 aliphatic heterocycles. The number of anilines is 1. The topological polar surface area (TPSA) is 53.5 Å². The van der Waals surface area contributed by atoms with E-state index in [2.05, 4.69) is 34.9 Å². The summed E-state index contributed by atoms with van der Waals surface area (Å²) in [7, 11) is 0. The van der Waals surface area contributed by atoms with Crippen molar-refractivity contribution in [1.82, 2.24) is 5.43 Å². The highest BCUT2D eigenvalue weighted by Crippen LogP contribution is 2.08. The van der Waals surface area contributed by atoms with Crippen molar-refractivity contribution in [2.45, 2.75) is 20.3 Å². The van der Waals surface area contributed by atoms with Crippen LogP contribution in [-0.4, -0.2) is 18.7 Å². The minimum absolute atomic E-state index is 0.178. The van der Waals surface area contributed by atoms with E-state index in [9.17, 15) is 4.79 Å². The van der Waals surface area contributed by atoms with Gasteiger partial charge in [0.25, 0.3) is 5.91 Å². The van der Waals surface area contributed by atoms with Crippen LogP contribution in [0.1, 0.15) is 23.6 Å². The molecule has 2 aromatic rings. The van der Waals surface area contributed by atoms with Gasteiger partial charge in [0.1, 0.15) is 0 Å². The summed E-state index contributed by atoms with van der Waals surface area (Å²) < 4.78 is 0. The van der Waals surface area contributed by atoms with Crippen molar-refractivity contribution in [3.63, 3.8) is 0 Å². The largest absolute Gasteiger partial charge is 0.376 e. The van der Waals surface area contributed by atoms with Gasteiger partial charge in [0.05, 0.1) is 12.8 Å². The standard InChI is InChI=1S/C18H21N3O/c1-3-15-7-9-16(10-8-15)12-20-21-18(22)13-19-17-6-4-5-14(2)11-17/h4-12,19H,3,13H2,1-2H3,(H,21,22)/b20-12+. The Labute approximate surface area is 131 Å². The number of aryl methyl sites for hydroxylation is 2. The third-order valence-corrected chi connectivity index (χ3v) is 3.26. The zero-order valence-corrected chi connectivity index (χ0v) is 13.0. The maximum Gasteiger partial charge on any atom is 0.259 e. The Bertz CT molecular complexity index is 648. The van der Waals surface area contributed by atoms with Crippen molar-refractivity contribution < 1.29 is 4.79 Å². The first kappa shape index (κ1) is 15.8. The minimum Gasteiger partial charge on any atom is -0.376 e. The summed E-state index contributed by atoms with van der Waals surface area (Å²) in [5, 5.41) is 7.03. The Balaban J connectivity index is 1.78. The Morgan fingerprint density at radius 1 is 1.18 bits per heavy atom. The number of nitrogens with zero attached hydrogens (tertiary/aromatic N) is 1. The Morgan fingerprint density at radius 3 is 2.64 bits per heavy atom. The van der Waals surface area contributed by atoms with Crippen LogP contribution in [0.25, 0.3) is 0 Å². The summed E-state index contributed by atoms with van der Waals surface area (Å²) in [5.41, 5.74) is 6.83. The molecule has 0 fully saturated rings. The maximum atomic E-state index is 11.7. The van der Waals surface area contributed by atoms with Crippen LogP contribution in [0.5, 0.6) is 0 Å². The summed E-state index contributed by atoms with van der Waals surface area (Å²) in [6.45, 7) is 4.32. The predicted octanol–water partition coefficient (Wildman–Crippen LogP) is 3.12. The number of hydrogen-bond donors (Lipinski definition) is 2. The van der Waals surface area contributed by atoms with Gasteiger partial charge in [0, 0.05) is 5.69 Å². The van der Waals surface area contributed by atoms with Gasteiger partial charge in [-0.15, -0.1) is 0 Å². The van der Waals surface area contributed by atoms with Crippen LogP contribution in [0.3, 0.4) is 0 Å². The van der Waals surface area contributed by atoms with Crippen LogP contribution in [0.2, 0.25) is 0 Å². The van der Waals surface area contributed by atoms with Gasteiger partial charge in [-0.1, -0.05) is 43.3 Å². The molecule has 22 heavy (non-hydrogen) atoms. The van der Waals surface area contributed by atoms with Crippen molar-refractivity contribution in [1.29, 1.82) is 0 Å². The van der Waals surface area contributed by atoms with Crippen molar-refractivity contribution >= 4 is 17.8 Å². The Morgan fingerprint density at radius 2 is 1.95 bits per heavy atom. The lowest BCUT2D eigenvalue weighted by molar-refractivity contribution is -0.119. The van der Waals surface area contributed by atoms with E-state index < -0.39 is 0 Å². The third kappa shape index (κ3) is 5.05. The number of nitrogens with one attached hydrogen (secondary N) is 2. The Hall–Kier alpha value is -2.62. The first-order chi connectivity index (χ1) is 10.7. The number of hydrazone groups is 1. The molecule has 0 aliphatic rings. The van der Waals surface area contributed by atoms with Crippen LogP contribution >= 0.6 is 0 Å². The van der Waals surface area contributed by atoms with E-state index in [1.54, 1.807) is 6.21 Å². The zero-order chi connectivity index (χ0) is 15.8. The molecule has 0 atom stereocenters. The summed E-state index contributed by atoms with van der Waals surface area (Å²) in [6, 6.07) is 16.0. The van der Waals surface area contributed by atoms with Crippen LogP contribution in [-0.2, 0) is 11.2 Å². The smallest absolute Gasteiger partial charge is 0.259 e. The second kappa shape index (κ2) is 7.98. The van der Waals surface area contributed by atoms with Crippen LogP contribution in [0.15, 0.2) is 53.6 Å². The lowest BCUT2D eigenvalue weighted by atomic mass is 10.1. The molecular weight excluding hydrogens is 274 g/mol. The Kier molecular flexibility index (Phi) is 5.72. The van der Waals surface area contributed by atoms with Gasteiger partial charge in [0.2, 0.25) is 0 Å². The minimum atomic E-state index is -0.178. The first-order valence-electron chi connectivity index (χ1n) is 7.39. The monoisotopic (exact) mass is 295 g/mol. The molecule has 0 aliphatic carbocycles. The highest BCUT2D eigenvalue weighted by molar-refractivity contribution is 5.84. The third-order valence-electron chi connectivity index (χ3n) is 3.26. The molecule has 114 valence electrons. The summed E-state index contributed by atoms with van der Waals surface area (Å²) in [5.74, 6) is -0.178. The van der Waals surface area contributed by atoms with Gasteiger partial charge in [-0.25, -0.2) is 5.43 Å². The van der Waals surface area contributed by atoms with E-state index in [1.165, 1.54) is 5.56 Å². The molecule has 0 saturated carbocycles. The highest BCUT2D eigenvalue weighted by Gasteiger charge is 1.99. The van der Waals surface area contributed by atoms with Crippen LogP contribution in [0, 0.1) is 6.92 Å². The molecule has 2 rings (SSSR count). The second-order valence-corrected chi connectivity index (χ2v) is 5.11. The van der Waals surface area contributed by atoms with Crippen LogP contribution in [0.4, 0.5) is 5.69 Å². The number of carbonyl (C=O) groups is 1. The molecule has 0 radical (unpaired) electrons. The quantitative estimate of drug-likeness (QED) is 0.635. The molecule has 2 aromatic carbocycles. The van der Waals surface area contributed by atoms with E-state index in [4.69, 9.17) is 0 Å². The summed E-state index contributed by atoms with van der Waals surface area (Å²) in [6.07, 6.45) is 2.66. The molecule has 0 aromatic heterocycles. The fourth-order valence-corrected chi connectivity index (χ4v) is 2.00. The van der Waals surface area contributed by atoms with Crippen molar-refractivity contribution in [2.75, 3.05) is 11.9 Å². The predicted molar refractivity (Wildman–Crippen MR) is 91.2 cm³/mol. The summed E-state index contributed by atoms with van der Waals surface area (Å²) >= 11 is 0. The fourth-order valence-electron chi connectivity index (χ4n) is 2.00. The summed E-state index contributed by atoms with van der Waals surface area (Å²) in [4.78, 5) is 11.7. The number of carbonyl (C=O) groups excluding carboxylic acids is 1. The molecular formula is C18H21N3O. The van der Waals surface area contributed by atoms with Gasteiger partial charge >= 0.3 is 0 Å². The molecule has 0 spiro atoms. The molecule has 0 bridgehead atoms. The van der Waals surface area contributed by atoms with Gasteiger partial charge in [-0.3, -0.25) is 4.79 Å². The molecule has 0 heterocycles. The van der Waals surface area contributed by atoms with E-state index in [0.717, 1.165) is 23.2 Å². The molecule has 1 amide bonds. The van der Waals surface area contributed by atoms with Crippen molar-refractivity contribution in [2.24, 2.45) is 5.10 Å². The van der Waals surface area contributed by atoms with E-state index in [0.29, 0.717) is 0 Å². The highest BCUT2D eigenvalue weighted by atomic mass is 16.2. The molecule has 4 nitrogen and oxygen atoms in total. The average Bonchev–Trinajstić information content (AvgIpc) is 2.54. The van der Waals surface area contributed by atoms with Gasteiger partial charge in [0.15, 0.2) is 0 Å². The molecule has 0 saturated heterocycles. The van der Waals surface area contributed by atoms with E-state index in [-0.39, 0.29) is 12.5 Å². The maximum absolute atomic E-state index is 11.7. The molecule has 0 unspecified atom stereocenters. The SMILES string of the molecule is CCc1ccc(/C=N/NC(=O)CNc2cccc(C)c2)cc1. The number of amides is 1. The lowest BCUT2D eigenvalue weighted by Gasteiger charge is -2.05. The number of hydrogen-bond acceptors (Lipinski definition) is 3. The van der Waals surface area contributed by atoms with E-state index >= 15 is 0 Å². The van der Waals surface area contributed by atoms with Gasteiger partial charge in [-0.05, 0) is 42.2 Å². The lowest BCUT2D eigenvalue weighted by Crippen LogP contribution is -2.25. The number of benzene rings is 2. The van der Waals surface area contributed by atoms with Crippen LogP contribution < -0.4 is 10.7 Å². The van der Waals surface area contributed by atoms with Crippen molar-refractivity contribution in [3.8, 4) is 0 Å². The molecule has 4 heteroatoms. The fraction of sp³-hybridized carbons (Fsp3) is 0.222.